The summed E-state index contributed by atoms with van der Waals surface area (Å²) in [5, 5.41) is 0. The summed E-state index contributed by atoms with van der Waals surface area (Å²) in [6.45, 7) is -0.533. The van der Waals surface area contributed by atoms with Crippen LogP contribution in [0.1, 0.15) is 0 Å². The van der Waals surface area contributed by atoms with Crippen molar-refractivity contribution in [2.45, 2.75) is 11.3 Å². The molecule has 4 heteroatoms. The quantitative estimate of drug-likeness (QED) is 0.767. The Morgan fingerprint density at radius 2 is 2.07 bits per heavy atom. The molecule has 14 heavy (non-hydrogen) atoms. The summed E-state index contributed by atoms with van der Waals surface area (Å²) in [5.74, 6) is 0.527. The molecule has 1 nitrogen and oxygen atoms in total. The van der Waals surface area contributed by atoms with Crippen molar-refractivity contribution in [3.63, 3.8) is 0 Å². The van der Waals surface area contributed by atoms with Gasteiger partial charge < -0.3 is 4.74 Å². The van der Waals surface area contributed by atoms with E-state index in [0.717, 1.165) is 4.90 Å². The Hall–Kier alpha value is -0.770. The highest BCUT2D eigenvalue weighted by Crippen LogP contribution is 2.30. The van der Waals surface area contributed by atoms with E-state index in [4.69, 9.17) is 4.74 Å². The summed E-state index contributed by atoms with van der Waals surface area (Å²) >= 11 is 0. The van der Waals surface area contributed by atoms with E-state index in [9.17, 15) is 8.78 Å². The fourth-order valence-corrected chi connectivity index (χ4v) is 1.78. The zero-order chi connectivity index (χ0) is 10.6. The lowest BCUT2D eigenvalue weighted by Crippen LogP contribution is -2.06. The summed E-state index contributed by atoms with van der Waals surface area (Å²) in [7, 11) is -0.205. The molecule has 1 rings (SSSR count). The molecule has 0 aliphatic rings. The summed E-state index contributed by atoms with van der Waals surface area (Å²) in [6, 6.07) is 7.35. The van der Waals surface area contributed by atoms with E-state index in [1.54, 1.807) is 6.07 Å². The average Bonchev–Trinajstić information content (AvgIpc) is 2.15. The maximum absolute atomic E-state index is 11.9. The van der Waals surface area contributed by atoms with Gasteiger partial charge in [0, 0.05) is 0 Å². The van der Waals surface area contributed by atoms with E-state index in [1.165, 1.54) is 0 Å². The van der Waals surface area contributed by atoms with E-state index in [0.29, 0.717) is 5.75 Å². The molecule has 0 saturated heterocycles. The molecule has 0 aliphatic carbocycles. The second kappa shape index (κ2) is 5.20. The van der Waals surface area contributed by atoms with E-state index >= 15 is 0 Å². The number of benzene rings is 1. The number of hydrogen-bond acceptors (Lipinski definition) is 1. The van der Waals surface area contributed by atoms with Gasteiger partial charge in [-0.2, -0.15) is 0 Å². The molecule has 0 fully saturated rings. The van der Waals surface area contributed by atoms with Gasteiger partial charge >= 0.3 is 0 Å². The second-order valence-electron chi connectivity index (χ2n) is 3.09. The smallest absolute Gasteiger partial charge is 0.272 e. The van der Waals surface area contributed by atoms with Gasteiger partial charge in [-0.05, 0) is 29.5 Å². The fraction of sp³-hybridized carbons (Fsp3) is 0.400. The minimum atomic E-state index is -2.41. The Morgan fingerprint density at radius 1 is 1.36 bits per heavy atom. The summed E-state index contributed by atoms with van der Waals surface area (Å²) in [4.78, 5) is 1.16. The molecule has 0 aliphatic heterocycles. The number of halogens is 2. The number of hydrogen-bond donors (Lipinski definition) is 1. The van der Waals surface area contributed by atoms with Crippen LogP contribution in [0.2, 0.25) is 0 Å². The van der Waals surface area contributed by atoms with Gasteiger partial charge in [0.2, 0.25) is 0 Å². The van der Waals surface area contributed by atoms with Gasteiger partial charge in [-0.25, -0.2) is 19.7 Å². The third-order valence-electron chi connectivity index (χ3n) is 1.71. The highest BCUT2D eigenvalue weighted by molar-refractivity contribution is 8.15. The van der Waals surface area contributed by atoms with E-state index in [1.807, 2.05) is 18.2 Å². The molecular weight excluding hydrogens is 206 g/mol. The van der Waals surface area contributed by atoms with Crippen molar-refractivity contribution in [1.82, 2.24) is 0 Å². The van der Waals surface area contributed by atoms with Crippen LogP contribution in [-0.4, -0.2) is 25.5 Å². The molecule has 0 spiro atoms. The molecule has 1 aromatic rings. The molecule has 0 amide bonds. The zero-order valence-corrected chi connectivity index (χ0v) is 9.10. The third kappa shape index (κ3) is 3.54. The first-order valence-corrected chi connectivity index (χ1v) is 6.51. The van der Waals surface area contributed by atoms with E-state index < -0.39 is 13.0 Å². The standard InChI is InChI=1S/C10H14F2OS/c1-14(2)9-5-3-4-8(6-9)13-7-10(11)12/h3-6,10,14H,7H2,1-2H3. The predicted molar refractivity (Wildman–Crippen MR) is 57.0 cm³/mol. The average molecular weight is 220 g/mol. The number of rotatable bonds is 4. The lowest BCUT2D eigenvalue weighted by Gasteiger charge is -2.11. The van der Waals surface area contributed by atoms with E-state index in [-0.39, 0.29) is 10.9 Å². The molecule has 0 radical (unpaired) electrons. The van der Waals surface area contributed by atoms with Crippen molar-refractivity contribution in [2.75, 3.05) is 19.1 Å². The number of thiol groups is 1. The van der Waals surface area contributed by atoms with Gasteiger partial charge in [-0.1, -0.05) is 12.1 Å². The van der Waals surface area contributed by atoms with Crippen LogP contribution in [0.4, 0.5) is 8.78 Å². The number of alkyl halides is 2. The summed E-state index contributed by atoms with van der Waals surface area (Å²) in [6.07, 6.45) is 1.81. The molecular formula is C10H14F2OS. The van der Waals surface area contributed by atoms with Gasteiger partial charge in [0.15, 0.2) is 0 Å². The Morgan fingerprint density at radius 3 is 2.64 bits per heavy atom. The zero-order valence-electron chi connectivity index (χ0n) is 8.21. The van der Waals surface area contributed by atoms with Gasteiger partial charge in [-0.15, -0.1) is 0 Å². The fourth-order valence-electron chi connectivity index (χ4n) is 1.01. The lowest BCUT2D eigenvalue weighted by atomic mass is 10.3. The van der Waals surface area contributed by atoms with Crippen molar-refractivity contribution >= 4 is 10.9 Å². The van der Waals surface area contributed by atoms with Crippen LogP contribution in [0.25, 0.3) is 0 Å². The van der Waals surface area contributed by atoms with Crippen LogP contribution in [0.15, 0.2) is 29.2 Å². The maximum atomic E-state index is 11.9. The Kier molecular flexibility index (Phi) is 4.20. The second-order valence-corrected chi connectivity index (χ2v) is 5.40. The van der Waals surface area contributed by atoms with Crippen molar-refractivity contribution in [1.29, 1.82) is 0 Å². The maximum Gasteiger partial charge on any atom is 0.272 e. The Bertz CT molecular complexity index is 289. The highest BCUT2D eigenvalue weighted by atomic mass is 32.2. The molecule has 0 saturated carbocycles. The first kappa shape index (κ1) is 11.3. The van der Waals surface area contributed by atoms with Crippen molar-refractivity contribution in [2.24, 2.45) is 0 Å². The van der Waals surface area contributed by atoms with Crippen LogP contribution in [0.5, 0.6) is 5.75 Å². The summed E-state index contributed by atoms with van der Waals surface area (Å²) < 4.78 is 28.6. The van der Waals surface area contributed by atoms with Crippen LogP contribution in [0, 0.1) is 0 Å². The topological polar surface area (TPSA) is 9.23 Å². The third-order valence-corrected chi connectivity index (χ3v) is 3.02. The first-order chi connectivity index (χ1) is 6.59. The summed E-state index contributed by atoms with van der Waals surface area (Å²) in [5.41, 5.74) is 0. The highest BCUT2D eigenvalue weighted by Gasteiger charge is 2.04. The largest absolute Gasteiger partial charge is 0.488 e. The van der Waals surface area contributed by atoms with Gasteiger partial charge in [0.25, 0.3) is 6.43 Å². The number of ether oxygens (including phenoxy) is 1. The SMILES string of the molecule is C[SH](C)c1cccc(OCC(F)F)c1. The van der Waals surface area contributed by atoms with Crippen LogP contribution in [-0.2, 0) is 0 Å². The molecule has 0 N–H and O–H groups in total. The molecule has 0 aromatic heterocycles. The van der Waals surface area contributed by atoms with Gasteiger partial charge in [-0.3, -0.25) is 0 Å². The van der Waals surface area contributed by atoms with Crippen LogP contribution >= 0.6 is 10.9 Å². The molecule has 0 unspecified atom stereocenters. The Labute approximate surface area is 85.4 Å². The van der Waals surface area contributed by atoms with Crippen molar-refractivity contribution in [3.05, 3.63) is 24.3 Å². The van der Waals surface area contributed by atoms with Crippen molar-refractivity contribution in [3.8, 4) is 5.75 Å². The lowest BCUT2D eigenvalue weighted by molar-refractivity contribution is 0.0818. The molecule has 0 atom stereocenters. The van der Waals surface area contributed by atoms with Crippen LogP contribution < -0.4 is 4.74 Å². The van der Waals surface area contributed by atoms with E-state index in [2.05, 4.69) is 12.5 Å². The van der Waals surface area contributed by atoms with Gasteiger partial charge in [0.1, 0.15) is 12.4 Å². The Balaban J connectivity index is 2.64. The molecule has 1 aromatic carbocycles. The molecule has 0 bridgehead atoms. The van der Waals surface area contributed by atoms with Gasteiger partial charge in [0.05, 0.1) is 0 Å². The monoisotopic (exact) mass is 220 g/mol. The minimum Gasteiger partial charge on any atom is -0.488 e. The predicted octanol–water partition coefficient (Wildman–Crippen LogP) is 2.95. The van der Waals surface area contributed by atoms with Crippen molar-refractivity contribution < 1.29 is 13.5 Å². The minimum absolute atomic E-state index is 0.205. The molecule has 80 valence electrons. The first-order valence-electron chi connectivity index (χ1n) is 4.28. The van der Waals surface area contributed by atoms with Crippen LogP contribution in [0.3, 0.4) is 0 Å². The molecule has 0 heterocycles. The normalized spacial score (nSPS) is 11.6.